The number of aromatic nitrogens is 4. The van der Waals surface area contributed by atoms with Crippen LogP contribution < -0.4 is 21.9 Å². The van der Waals surface area contributed by atoms with Gasteiger partial charge >= 0.3 is 0 Å². The molecule has 0 spiro atoms. The number of anilines is 2. The summed E-state index contributed by atoms with van der Waals surface area (Å²) >= 11 is 0. The molecule has 0 radical (unpaired) electrons. The quantitative estimate of drug-likeness (QED) is 0.0468. The predicted molar refractivity (Wildman–Crippen MR) is 143 cm³/mol. The molecule has 5 N–H and O–H groups in total. The first-order valence-electron chi connectivity index (χ1n) is 12.2. The summed E-state index contributed by atoms with van der Waals surface area (Å²) in [5.74, 6) is -0.590. The van der Waals surface area contributed by atoms with Crippen LogP contribution in [0.3, 0.4) is 0 Å². The molecule has 16 heteroatoms. The number of benzene rings is 1. The maximum Gasteiger partial charge on any atom is 0.295 e. The van der Waals surface area contributed by atoms with Crippen LogP contribution in [0.25, 0.3) is 21.6 Å². The second-order valence-electron chi connectivity index (χ2n) is 8.36. The van der Waals surface area contributed by atoms with Gasteiger partial charge < -0.3 is 25.8 Å². The molecule has 0 saturated heterocycles. The van der Waals surface area contributed by atoms with Crippen molar-refractivity contribution in [2.45, 2.75) is 38.5 Å². The van der Waals surface area contributed by atoms with E-state index in [2.05, 4.69) is 40.6 Å². The van der Waals surface area contributed by atoms with Gasteiger partial charge in [-0.25, -0.2) is 9.97 Å². The smallest absolute Gasteiger partial charge is 0.295 e. The summed E-state index contributed by atoms with van der Waals surface area (Å²) < 4.78 is 10.2. The highest BCUT2D eigenvalue weighted by atomic mass is 16.5. The molecule has 0 fully saturated rings. The molecule has 16 nitrogen and oxygen atoms in total. The number of nitrogen functional groups attached to an aromatic ring is 1. The standard InChI is InChI=1S/C24H28N10O6/c25-24-32-21-20(23(38)33-24)30-17(13-28-21)12-27-16-5-3-15(4-6-16)22(37)31-19(40-14-35)8-7-18(36)2-1-10-39-11-9-29-34-26/h3-6,13-14,19,27H,1-2,7-12H2,(H,31,37)(H3,25,28,32,33,38)/t19-/m1/s1. The van der Waals surface area contributed by atoms with Crippen LogP contribution in [0, 0.1) is 0 Å². The minimum atomic E-state index is -0.966. The molecule has 0 unspecified atom stereocenters. The van der Waals surface area contributed by atoms with Gasteiger partial charge in [0.2, 0.25) is 5.95 Å². The van der Waals surface area contributed by atoms with Crippen molar-refractivity contribution in [1.29, 1.82) is 0 Å². The van der Waals surface area contributed by atoms with Gasteiger partial charge in [0, 0.05) is 48.6 Å². The number of hydrogen-bond acceptors (Lipinski definition) is 12. The minimum Gasteiger partial charge on any atom is -0.444 e. The Kier molecular flexibility index (Phi) is 11.3. The third-order valence-corrected chi connectivity index (χ3v) is 5.45. The molecule has 3 aromatic rings. The number of ether oxygens (including phenoxy) is 2. The molecule has 0 aliphatic heterocycles. The molecule has 40 heavy (non-hydrogen) atoms. The first-order valence-corrected chi connectivity index (χ1v) is 12.2. The zero-order chi connectivity index (χ0) is 28.7. The number of amides is 1. The number of nitrogens with zero attached hydrogens (tertiary/aromatic N) is 6. The van der Waals surface area contributed by atoms with Crippen LogP contribution in [0.15, 0.2) is 40.4 Å². The van der Waals surface area contributed by atoms with Gasteiger partial charge in [-0.2, -0.15) is 4.98 Å². The second kappa shape index (κ2) is 15.4. The highest BCUT2D eigenvalue weighted by molar-refractivity contribution is 5.94. The van der Waals surface area contributed by atoms with E-state index in [1.165, 1.54) is 6.20 Å². The van der Waals surface area contributed by atoms with E-state index in [1.807, 2.05) is 0 Å². The number of ketones is 1. The number of nitrogens with two attached hydrogens (primary N) is 1. The van der Waals surface area contributed by atoms with Crippen molar-refractivity contribution < 1.29 is 23.9 Å². The molecule has 2 heterocycles. The van der Waals surface area contributed by atoms with E-state index in [1.54, 1.807) is 24.3 Å². The fourth-order valence-corrected chi connectivity index (χ4v) is 3.50. The lowest BCUT2D eigenvalue weighted by Crippen LogP contribution is -2.37. The zero-order valence-electron chi connectivity index (χ0n) is 21.4. The topological polar surface area (TPSA) is 240 Å². The number of Topliss-reactive ketones (excluding diaryl/α,β-unsaturated/α-hetero) is 1. The maximum absolute atomic E-state index is 12.6. The Bertz CT molecular complexity index is 1420. The Morgan fingerprint density at radius 1 is 1.20 bits per heavy atom. The average molecular weight is 553 g/mol. The summed E-state index contributed by atoms with van der Waals surface area (Å²) in [6.07, 6.45) is 1.50. The summed E-state index contributed by atoms with van der Waals surface area (Å²) in [5, 5.41) is 9.06. The lowest BCUT2D eigenvalue weighted by Gasteiger charge is -2.17. The molecule has 2 aromatic heterocycles. The molecule has 0 aliphatic rings. The predicted octanol–water partition coefficient (Wildman–Crippen LogP) is 1.59. The fourth-order valence-electron chi connectivity index (χ4n) is 3.50. The van der Waals surface area contributed by atoms with Crippen LogP contribution in [0.4, 0.5) is 11.6 Å². The van der Waals surface area contributed by atoms with Crippen molar-refractivity contribution in [3.05, 3.63) is 62.5 Å². The number of fused-ring (bicyclic) bond motifs is 1. The lowest BCUT2D eigenvalue weighted by atomic mass is 10.1. The number of carbonyl (C=O) groups excluding carboxylic acids is 3. The first kappa shape index (κ1) is 29.5. The third-order valence-electron chi connectivity index (χ3n) is 5.45. The monoisotopic (exact) mass is 552 g/mol. The second-order valence-corrected chi connectivity index (χ2v) is 8.36. The Hall–Kier alpha value is -5.08. The molecule has 3 rings (SSSR count). The van der Waals surface area contributed by atoms with Crippen molar-refractivity contribution in [2.75, 3.05) is 30.8 Å². The SMILES string of the molecule is [N-]=[N+]=NCCOCCCC(=O)CC[C@H](NC(=O)c1ccc(NCc2cnc3nc(N)[nH]c(=O)c3n2)cc1)OC=O. The summed E-state index contributed by atoms with van der Waals surface area (Å²) in [4.78, 5) is 64.9. The van der Waals surface area contributed by atoms with Crippen LogP contribution in [0.5, 0.6) is 0 Å². The largest absolute Gasteiger partial charge is 0.444 e. The average Bonchev–Trinajstić information content (AvgIpc) is 2.94. The van der Waals surface area contributed by atoms with E-state index < -0.39 is 17.7 Å². The van der Waals surface area contributed by atoms with Crippen LogP contribution in [0.2, 0.25) is 0 Å². The number of aromatic amines is 1. The van der Waals surface area contributed by atoms with Gasteiger partial charge in [0.15, 0.2) is 17.4 Å². The van der Waals surface area contributed by atoms with Gasteiger partial charge in [-0.1, -0.05) is 5.11 Å². The van der Waals surface area contributed by atoms with Crippen molar-refractivity contribution >= 4 is 41.0 Å². The maximum atomic E-state index is 12.6. The summed E-state index contributed by atoms with van der Waals surface area (Å²) in [5.41, 5.74) is 14.9. The van der Waals surface area contributed by atoms with Crippen LogP contribution in [0.1, 0.15) is 41.7 Å². The molecule has 1 amide bonds. The van der Waals surface area contributed by atoms with Crippen molar-refractivity contribution in [3.63, 3.8) is 0 Å². The van der Waals surface area contributed by atoms with Crippen LogP contribution in [-0.4, -0.2) is 64.1 Å². The number of nitrogens with one attached hydrogen (secondary N) is 3. The molecule has 0 aliphatic carbocycles. The Morgan fingerprint density at radius 2 is 2.00 bits per heavy atom. The van der Waals surface area contributed by atoms with E-state index in [-0.39, 0.29) is 68.3 Å². The highest BCUT2D eigenvalue weighted by Crippen LogP contribution is 2.13. The van der Waals surface area contributed by atoms with E-state index in [0.29, 0.717) is 30.0 Å². The summed E-state index contributed by atoms with van der Waals surface area (Å²) in [6.45, 7) is 1.34. The normalized spacial score (nSPS) is 11.3. The highest BCUT2D eigenvalue weighted by Gasteiger charge is 2.16. The number of rotatable bonds is 17. The van der Waals surface area contributed by atoms with Crippen molar-refractivity contribution in [1.82, 2.24) is 25.3 Å². The Balaban J connectivity index is 1.45. The zero-order valence-corrected chi connectivity index (χ0v) is 21.4. The van der Waals surface area contributed by atoms with E-state index in [9.17, 15) is 19.2 Å². The molecule has 0 bridgehead atoms. The van der Waals surface area contributed by atoms with E-state index >= 15 is 0 Å². The molecule has 1 aromatic carbocycles. The van der Waals surface area contributed by atoms with E-state index in [4.69, 9.17) is 20.7 Å². The molecule has 210 valence electrons. The van der Waals surface area contributed by atoms with Crippen LogP contribution >= 0.6 is 0 Å². The van der Waals surface area contributed by atoms with Crippen molar-refractivity contribution in [3.8, 4) is 0 Å². The summed E-state index contributed by atoms with van der Waals surface area (Å²) in [7, 11) is 0. The molecule has 0 saturated carbocycles. The number of H-pyrrole nitrogens is 1. The molecular weight excluding hydrogens is 524 g/mol. The van der Waals surface area contributed by atoms with Gasteiger partial charge in [0.05, 0.1) is 25.0 Å². The lowest BCUT2D eigenvalue weighted by molar-refractivity contribution is -0.135. The molecule has 1 atom stereocenters. The van der Waals surface area contributed by atoms with Gasteiger partial charge in [0.1, 0.15) is 5.78 Å². The first-order chi connectivity index (χ1) is 19.4. The van der Waals surface area contributed by atoms with Gasteiger partial charge in [0.25, 0.3) is 17.9 Å². The van der Waals surface area contributed by atoms with Crippen molar-refractivity contribution in [2.24, 2.45) is 5.11 Å². The fraction of sp³-hybridized carbons (Fsp3) is 0.375. The number of carbonyl (C=O) groups is 3. The van der Waals surface area contributed by atoms with Gasteiger partial charge in [-0.15, -0.1) is 0 Å². The number of hydrogen-bond donors (Lipinski definition) is 4. The number of azide groups is 1. The third kappa shape index (κ3) is 9.34. The van der Waals surface area contributed by atoms with Gasteiger partial charge in [-0.3, -0.25) is 24.2 Å². The van der Waals surface area contributed by atoms with Crippen LogP contribution in [-0.2, 0) is 25.6 Å². The Morgan fingerprint density at radius 3 is 2.75 bits per heavy atom. The minimum absolute atomic E-state index is 0.0437. The molecular formula is C24H28N10O6. The summed E-state index contributed by atoms with van der Waals surface area (Å²) in [6, 6.07) is 6.50. The van der Waals surface area contributed by atoms with E-state index in [0.717, 1.165) is 0 Å². The van der Waals surface area contributed by atoms with Gasteiger partial charge in [-0.05, 0) is 36.2 Å². The Labute approximate surface area is 227 Å².